The van der Waals surface area contributed by atoms with Gasteiger partial charge in [0.25, 0.3) is 0 Å². The first-order chi connectivity index (χ1) is 21.5. The molecule has 45 heavy (non-hydrogen) atoms. The maximum Gasteiger partial charge on any atom is 0.336 e. The molecule has 0 spiro atoms. The van der Waals surface area contributed by atoms with Gasteiger partial charge in [0.05, 0.1) is 5.41 Å². The lowest BCUT2D eigenvalue weighted by atomic mass is 9.66. The zero-order valence-electron chi connectivity index (χ0n) is 26.8. The first-order valence-electron chi connectivity index (χ1n) is 15.9. The smallest absolute Gasteiger partial charge is 0.336 e. The molecule has 0 unspecified atom stereocenters. The summed E-state index contributed by atoms with van der Waals surface area (Å²) in [7, 11) is 0. The number of fused-ring (bicyclic) bond motifs is 5. The van der Waals surface area contributed by atoms with Crippen molar-refractivity contribution >= 4 is 21.9 Å². The van der Waals surface area contributed by atoms with Crippen molar-refractivity contribution in [1.82, 2.24) is 0 Å². The van der Waals surface area contributed by atoms with Crippen molar-refractivity contribution in [2.24, 2.45) is 0 Å². The summed E-state index contributed by atoms with van der Waals surface area (Å²) in [5, 5.41) is 1.72. The Balaban J connectivity index is 1.63. The summed E-state index contributed by atoms with van der Waals surface area (Å²) in [5.41, 5.74) is 9.38. The Bertz CT molecular complexity index is 2080. The molecule has 0 radical (unpaired) electrons. The van der Waals surface area contributed by atoms with Crippen LogP contribution in [0.15, 0.2) is 115 Å². The van der Waals surface area contributed by atoms with Crippen molar-refractivity contribution in [1.29, 1.82) is 0 Å². The number of rotatable bonds is 6. The third kappa shape index (κ3) is 4.41. The molecule has 1 aliphatic rings. The molecule has 0 saturated heterocycles. The minimum Gasteiger partial charge on any atom is -0.423 e. The van der Waals surface area contributed by atoms with Gasteiger partial charge in [0.15, 0.2) is 0 Å². The van der Waals surface area contributed by atoms with Crippen molar-refractivity contribution in [3.8, 4) is 11.1 Å². The molecule has 0 saturated carbocycles. The molecule has 6 aromatic rings. The molecule has 0 bridgehead atoms. The molecule has 4 aromatic carbocycles. The molecule has 0 fully saturated rings. The third-order valence-corrected chi connectivity index (χ3v) is 10.6. The third-order valence-electron chi connectivity index (χ3n) is 10.6. The van der Waals surface area contributed by atoms with E-state index in [1.807, 2.05) is 24.3 Å². The molecule has 1 aliphatic carbocycles. The second-order valence-corrected chi connectivity index (χ2v) is 13.8. The Morgan fingerprint density at radius 2 is 0.956 bits per heavy atom. The second kappa shape index (κ2) is 10.2. The normalized spacial score (nSPS) is 14.1. The van der Waals surface area contributed by atoms with Crippen LogP contribution in [-0.4, -0.2) is 0 Å². The topological polar surface area (TPSA) is 60.4 Å². The fourth-order valence-electron chi connectivity index (χ4n) is 6.98. The van der Waals surface area contributed by atoms with Crippen LogP contribution in [0, 0.1) is 0 Å². The van der Waals surface area contributed by atoms with E-state index in [1.54, 1.807) is 0 Å². The summed E-state index contributed by atoms with van der Waals surface area (Å²) in [5.74, 6) is 0. The molecule has 0 atom stereocenters. The van der Waals surface area contributed by atoms with Gasteiger partial charge in [-0.3, -0.25) is 0 Å². The first-order valence-corrected chi connectivity index (χ1v) is 15.9. The molecule has 2 aromatic heterocycles. The Morgan fingerprint density at radius 3 is 1.36 bits per heavy atom. The van der Waals surface area contributed by atoms with E-state index in [-0.39, 0.29) is 22.1 Å². The fraction of sp³-hybridized carbons (Fsp3) is 0.268. The highest BCUT2D eigenvalue weighted by Crippen LogP contribution is 2.58. The van der Waals surface area contributed by atoms with Crippen molar-refractivity contribution < 1.29 is 8.83 Å². The lowest BCUT2D eigenvalue weighted by molar-refractivity contribution is 0.506. The van der Waals surface area contributed by atoms with E-state index in [0.29, 0.717) is 11.2 Å². The van der Waals surface area contributed by atoms with Gasteiger partial charge in [0.2, 0.25) is 0 Å². The van der Waals surface area contributed by atoms with E-state index in [4.69, 9.17) is 8.83 Å². The van der Waals surface area contributed by atoms with E-state index < -0.39 is 5.41 Å². The van der Waals surface area contributed by atoms with Gasteiger partial charge < -0.3 is 8.83 Å². The Hall–Kier alpha value is -4.70. The van der Waals surface area contributed by atoms with Gasteiger partial charge in [-0.25, -0.2) is 9.59 Å². The molecule has 2 heterocycles. The summed E-state index contributed by atoms with van der Waals surface area (Å²) in [4.78, 5) is 24.1. The largest absolute Gasteiger partial charge is 0.423 e. The van der Waals surface area contributed by atoms with Crippen LogP contribution < -0.4 is 11.3 Å². The molecule has 7 rings (SSSR count). The van der Waals surface area contributed by atoms with E-state index in [9.17, 15) is 9.59 Å². The maximum atomic E-state index is 12.1. The van der Waals surface area contributed by atoms with Crippen LogP contribution in [0.2, 0.25) is 0 Å². The lowest BCUT2D eigenvalue weighted by Gasteiger charge is -2.35. The van der Waals surface area contributed by atoms with Crippen LogP contribution in [-0.2, 0) is 16.2 Å². The highest BCUT2D eigenvalue weighted by atomic mass is 16.4. The maximum absolute atomic E-state index is 12.1. The van der Waals surface area contributed by atoms with Crippen molar-refractivity contribution in [3.05, 3.63) is 151 Å². The van der Waals surface area contributed by atoms with Crippen molar-refractivity contribution in [2.45, 2.75) is 70.6 Å². The van der Waals surface area contributed by atoms with Crippen LogP contribution >= 0.6 is 0 Å². The molecule has 226 valence electrons. The van der Waals surface area contributed by atoms with Gasteiger partial charge >= 0.3 is 11.3 Å². The monoisotopic (exact) mass is 594 g/mol. The van der Waals surface area contributed by atoms with Gasteiger partial charge in [0.1, 0.15) is 11.2 Å². The summed E-state index contributed by atoms with van der Waals surface area (Å²) in [6.45, 7) is 13.7. The molecular weight excluding hydrogens is 556 g/mol. The number of benzene rings is 4. The van der Waals surface area contributed by atoms with Crippen LogP contribution in [0.25, 0.3) is 33.1 Å². The SMILES string of the molecule is CCC(C)(C)c1ccc2c(c1)-c1cc(C(C)(C)CC)ccc1C2(c1ccc2oc(=O)ccc2c1)c1ccc2oc(=O)ccc2c1. The van der Waals surface area contributed by atoms with E-state index in [2.05, 4.69) is 102 Å². The van der Waals surface area contributed by atoms with E-state index >= 15 is 0 Å². The van der Waals surface area contributed by atoms with Gasteiger partial charge in [0, 0.05) is 22.9 Å². The van der Waals surface area contributed by atoms with Crippen molar-refractivity contribution in [3.63, 3.8) is 0 Å². The van der Waals surface area contributed by atoms with Crippen LogP contribution in [0.4, 0.5) is 0 Å². The average molecular weight is 595 g/mol. The summed E-state index contributed by atoms with van der Waals surface area (Å²) < 4.78 is 11.1. The highest BCUT2D eigenvalue weighted by molar-refractivity contribution is 5.90. The number of hydrogen-bond acceptors (Lipinski definition) is 4. The summed E-state index contributed by atoms with van der Waals surface area (Å²) in [6.07, 6.45) is 2.05. The van der Waals surface area contributed by atoms with E-state index in [0.717, 1.165) is 34.7 Å². The predicted molar refractivity (Wildman–Crippen MR) is 182 cm³/mol. The Kier molecular flexibility index (Phi) is 6.56. The molecule has 4 heteroatoms. The lowest BCUT2D eigenvalue weighted by Crippen LogP contribution is -2.29. The van der Waals surface area contributed by atoms with E-state index in [1.165, 1.54) is 45.5 Å². The zero-order chi connectivity index (χ0) is 31.7. The average Bonchev–Trinajstić information content (AvgIpc) is 3.34. The van der Waals surface area contributed by atoms with Crippen LogP contribution in [0.1, 0.15) is 87.8 Å². The van der Waals surface area contributed by atoms with Gasteiger partial charge in [-0.2, -0.15) is 0 Å². The molecule has 0 N–H and O–H groups in total. The van der Waals surface area contributed by atoms with Crippen LogP contribution in [0.3, 0.4) is 0 Å². The first kappa shape index (κ1) is 29.0. The standard InChI is InChI=1S/C41H38O4/c1-7-39(3,4)27-11-15-33-31(23-27)32-24-28(40(5,6)8-2)12-16-34(32)41(33,29-13-17-35-25(21-29)9-19-37(42)44-35)30-14-18-36-26(22-30)10-20-38(43)45-36/h9-24H,7-8H2,1-6H3. The Labute approximate surface area is 263 Å². The molecule has 0 aliphatic heterocycles. The van der Waals surface area contributed by atoms with Crippen molar-refractivity contribution in [2.75, 3.05) is 0 Å². The quantitative estimate of drug-likeness (QED) is 0.180. The summed E-state index contributed by atoms with van der Waals surface area (Å²) in [6, 6.07) is 33.0. The summed E-state index contributed by atoms with van der Waals surface area (Å²) >= 11 is 0. The predicted octanol–water partition coefficient (Wildman–Crippen LogP) is 9.64. The van der Waals surface area contributed by atoms with Gasteiger partial charge in [-0.15, -0.1) is 0 Å². The Morgan fingerprint density at radius 1 is 0.533 bits per heavy atom. The molecule has 0 amide bonds. The van der Waals surface area contributed by atoms with Gasteiger partial charge in [-0.05, 0) is 105 Å². The molecule has 4 nitrogen and oxygen atoms in total. The fourth-order valence-corrected chi connectivity index (χ4v) is 6.98. The zero-order valence-corrected chi connectivity index (χ0v) is 26.8. The molecular formula is C41H38O4. The minimum atomic E-state index is -0.677. The highest BCUT2D eigenvalue weighted by Gasteiger charge is 2.47. The number of hydrogen-bond donors (Lipinski definition) is 0. The van der Waals surface area contributed by atoms with Gasteiger partial charge in [-0.1, -0.05) is 90.1 Å². The second-order valence-electron chi connectivity index (χ2n) is 13.8. The van der Waals surface area contributed by atoms with Crippen LogP contribution in [0.5, 0.6) is 0 Å². The minimum absolute atomic E-state index is 0.0156.